The predicted molar refractivity (Wildman–Crippen MR) is 76.1 cm³/mol. The Morgan fingerprint density at radius 2 is 2.24 bits per heavy atom. The van der Waals surface area contributed by atoms with Crippen LogP contribution in [0.4, 0.5) is 5.69 Å². The summed E-state index contributed by atoms with van der Waals surface area (Å²) in [6.45, 7) is 3.08. The molecule has 0 aliphatic heterocycles. The van der Waals surface area contributed by atoms with Crippen LogP contribution in [0.25, 0.3) is 10.8 Å². The second-order valence-electron chi connectivity index (χ2n) is 3.73. The Hall–Kier alpha value is -1.42. The minimum atomic E-state index is -0.0333. The van der Waals surface area contributed by atoms with Crippen LogP contribution < -0.4 is 10.9 Å². The van der Waals surface area contributed by atoms with Gasteiger partial charge in [0.25, 0.3) is 5.56 Å². The number of hydrogen-bond donors (Lipinski definition) is 2. The van der Waals surface area contributed by atoms with E-state index in [1.807, 2.05) is 36.0 Å². The Balaban J connectivity index is 2.14. The van der Waals surface area contributed by atoms with Crippen molar-refractivity contribution < 1.29 is 0 Å². The van der Waals surface area contributed by atoms with Crippen molar-refractivity contribution in [1.82, 2.24) is 4.98 Å². The molecule has 90 valence electrons. The number of anilines is 1. The quantitative estimate of drug-likeness (QED) is 0.800. The van der Waals surface area contributed by atoms with Crippen molar-refractivity contribution in [3.05, 3.63) is 40.8 Å². The maximum atomic E-state index is 11.6. The molecule has 1 heterocycles. The monoisotopic (exact) mass is 248 g/mol. The molecule has 0 amide bonds. The molecular formula is C13H16N2OS. The smallest absolute Gasteiger partial charge is 0.255 e. The number of benzene rings is 1. The summed E-state index contributed by atoms with van der Waals surface area (Å²) in [6, 6.07) is 7.80. The van der Waals surface area contributed by atoms with E-state index in [-0.39, 0.29) is 5.56 Å². The number of aromatic amines is 1. The highest BCUT2D eigenvalue weighted by atomic mass is 32.2. The molecule has 0 saturated carbocycles. The average Bonchev–Trinajstić information content (AvgIpc) is 2.36. The summed E-state index contributed by atoms with van der Waals surface area (Å²) in [5.41, 5.74) is 0.972. The number of pyridine rings is 1. The van der Waals surface area contributed by atoms with Crippen LogP contribution in [0.3, 0.4) is 0 Å². The van der Waals surface area contributed by atoms with E-state index in [9.17, 15) is 4.79 Å². The fraction of sp³-hybridized carbons (Fsp3) is 0.308. The van der Waals surface area contributed by atoms with Gasteiger partial charge >= 0.3 is 0 Å². The molecule has 0 radical (unpaired) electrons. The van der Waals surface area contributed by atoms with Gasteiger partial charge in [-0.3, -0.25) is 4.79 Å². The van der Waals surface area contributed by atoms with Gasteiger partial charge in [-0.05, 0) is 29.3 Å². The third kappa shape index (κ3) is 3.03. The van der Waals surface area contributed by atoms with Crippen LogP contribution in [-0.4, -0.2) is 23.0 Å². The Bertz CT molecular complexity index is 550. The van der Waals surface area contributed by atoms with E-state index in [1.54, 1.807) is 6.20 Å². The Morgan fingerprint density at radius 3 is 3.06 bits per heavy atom. The van der Waals surface area contributed by atoms with E-state index < -0.39 is 0 Å². The zero-order valence-electron chi connectivity index (χ0n) is 9.82. The number of nitrogens with one attached hydrogen (secondary N) is 2. The van der Waals surface area contributed by atoms with Crippen LogP contribution in [-0.2, 0) is 0 Å². The first kappa shape index (κ1) is 12.0. The number of hydrogen-bond acceptors (Lipinski definition) is 3. The molecule has 1 aromatic carbocycles. The van der Waals surface area contributed by atoms with Crippen LogP contribution in [0.15, 0.2) is 35.3 Å². The van der Waals surface area contributed by atoms with Crippen molar-refractivity contribution in [1.29, 1.82) is 0 Å². The largest absolute Gasteiger partial charge is 0.384 e. The minimum Gasteiger partial charge on any atom is -0.384 e. The topological polar surface area (TPSA) is 44.9 Å². The maximum absolute atomic E-state index is 11.6. The van der Waals surface area contributed by atoms with Crippen molar-refractivity contribution in [3.8, 4) is 0 Å². The number of aromatic nitrogens is 1. The third-order valence-corrected chi connectivity index (χ3v) is 3.46. The second-order valence-corrected chi connectivity index (χ2v) is 5.13. The SMILES string of the molecule is CCSCCNc1ccc2cc[nH]c(=O)c2c1. The molecule has 3 nitrogen and oxygen atoms in total. The fourth-order valence-electron chi connectivity index (χ4n) is 1.70. The normalized spacial score (nSPS) is 10.6. The minimum absolute atomic E-state index is 0.0333. The highest BCUT2D eigenvalue weighted by molar-refractivity contribution is 7.99. The molecule has 0 saturated heterocycles. The molecule has 4 heteroatoms. The van der Waals surface area contributed by atoms with Gasteiger partial charge in [0.15, 0.2) is 0 Å². The fourth-order valence-corrected chi connectivity index (χ4v) is 2.24. The summed E-state index contributed by atoms with van der Waals surface area (Å²) in [5, 5.41) is 5.04. The van der Waals surface area contributed by atoms with Gasteiger partial charge in [0, 0.05) is 29.6 Å². The molecule has 0 unspecified atom stereocenters. The average molecular weight is 248 g/mol. The Labute approximate surface area is 105 Å². The first-order valence-corrected chi connectivity index (χ1v) is 6.90. The summed E-state index contributed by atoms with van der Waals surface area (Å²) >= 11 is 1.90. The lowest BCUT2D eigenvalue weighted by Gasteiger charge is -2.06. The van der Waals surface area contributed by atoms with Gasteiger partial charge in [0.05, 0.1) is 0 Å². The van der Waals surface area contributed by atoms with E-state index in [1.165, 1.54) is 0 Å². The second kappa shape index (κ2) is 5.77. The Kier molecular flexibility index (Phi) is 4.09. The van der Waals surface area contributed by atoms with Gasteiger partial charge in [-0.15, -0.1) is 0 Å². The van der Waals surface area contributed by atoms with E-state index in [2.05, 4.69) is 17.2 Å². The van der Waals surface area contributed by atoms with Gasteiger partial charge in [0.2, 0.25) is 0 Å². The van der Waals surface area contributed by atoms with Crippen molar-refractivity contribution in [2.45, 2.75) is 6.92 Å². The third-order valence-electron chi connectivity index (χ3n) is 2.55. The molecule has 1 aromatic heterocycles. The standard InChI is InChI=1S/C13H16N2OS/c1-2-17-8-7-14-11-4-3-10-5-6-15-13(16)12(10)9-11/h3-6,9,14H,2,7-8H2,1H3,(H,15,16). The molecule has 0 atom stereocenters. The van der Waals surface area contributed by atoms with Crippen LogP contribution >= 0.6 is 11.8 Å². The lowest BCUT2D eigenvalue weighted by molar-refractivity contribution is 1.22. The number of rotatable bonds is 5. The van der Waals surface area contributed by atoms with Crippen LogP contribution in [0.2, 0.25) is 0 Å². The summed E-state index contributed by atoms with van der Waals surface area (Å²) in [4.78, 5) is 14.3. The molecule has 2 N–H and O–H groups in total. The van der Waals surface area contributed by atoms with Crippen molar-refractivity contribution in [3.63, 3.8) is 0 Å². The molecule has 0 aliphatic rings. The van der Waals surface area contributed by atoms with Gasteiger partial charge in [-0.2, -0.15) is 11.8 Å². The molecule has 0 fully saturated rings. The van der Waals surface area contributed by atoms with E-state index in [4.69, 9.17) is 0 Å². The van der Waals surface area contributed by atoms with E-state index in [0.717, 1.165) is 34.5 Å². The summed E-state index contributed by atoms with van der Waals surface area (Å²) in [5.74, 6) is 2.22. The number of H-pyrrole nitrogens is 1. The first-order valence-electron chi connectivity index (χ1n) is 5.74. The van der Waals surface area contributed by atoms with E-state index >= 15 is 0 Å². The molecule has 2 rings (SSSR count). The van der Waals surface area contributed by atoms with Crippen LogP contribution in [0.5, 0.6) is 0 Å². The van der Waals surface area contributed by atoms with Crippen molar-refractivity contribution >= 4 is 28.2 Å². The number of fused-ring (bicyclic) bond motifs is 1. The van der Waals surface area contributed by atoms with Gasteiger partial charge in [0.1, 0.15) is 0 Å². The molecular weight excluding hydrogens is 232 g/mol. The molecule has 17 heavy (non-hydrogen) atoms. The first-order chi connectivity index (χ1) is 8.31. The summed E-state index contributed by atoms with van der Waals surface area (Å²) < 4.78 is 0. The summed E-state index contributed by atoms with van der Waals surface area (Å²) in [6.07, 6.45) is 1.68. The zero-order chi connectivity index (χ0) is 12.1. The maximum Gasteiger partial charge on any atom is 0.255 e. The van der Waals surface area contributed by atoms with Crippen molar-refractivity contribution in [2.24, 2.45) is 0 Å². The Morgan fingerprint density at radius 1 is 1.35 bits per heavy atom. The highest BCUT2D eigenvalue weighted by Gasteiger charge is 1.99. The van der Waals surface area contributed by atoms with Crippen molar-refractivity contribution in [2.75, 3.05) is 23.4 Å². The molecule has 2 aromatic rings. The molecule has 0 bridgehead atoms. The zero-order valence-corrected chi connectivity index (χ0v) is 10.6. The van der Waals surface area contributed by atoms with Gasteiger partial charge in [-0.25, -0.2) is 0 Å². The van der Waals surface area contributed by atoms with Gasteiger partial charge in [-0.1, -0.05) is 13.0 Å². The number of thioether (sulfide) groups is 1. The van der Waals surface area contributed by atoms with E-state index in [0.29, 0.717) is 0 Å². The van der Waals surface area contributed by atoms with Crippen LogP contribution in [0.1, 0.15) is 6.92 Å². The highest BCUT2D eigenvalue weighted by Crippen LogP contribution is 2.15. The van der Waals surface area contributed by atoms with Gasteiger partial charge < -0.3 is 10.3 Å². The predicted octanol–water partition coefficient (Wildman–Crippen LogP) is 2.69. The van der Waals surface area contributed by atoms with Crippen LogP contribution in [0, 0.1) is 0 Å². The molecule has 0 aliphatic carbocycles. The molecule has 0 spiro atoms. The lowest BCUT2D eigenvalue weighted by atomic mass is 10.1. The summed E-state index contributed by atoms with van der Waals surface area (Å²) in [7, 11) is 0. The lowest BCUT2D eigenvalue weighted by Crippen LogP contribution is -2.07.